The van der Waals surface area contributed by atoms with Crippen molar-refractivity contribution < 1.29 is 18.3 Å². The molecule has 0 bridgehead atoms. The summed E-state index contributed by atoms with van der Waals surface area (Å²) in [5.41, 5.74) is 8.62. The fourth-order valence-electron chi connectivity index (χ4n) is 4.59. The quantitative estimate of drug-likeness (QED) is 0.619. The van der Waals surface area contributed by atoms with E-state index in [1.807, 2.05) is 19.1 Å². The van der Waals surface area contributed by atoms with Gasteiger partial charge in [-0.15, -0.1) is 12.4 Å². The smallest absolute Gasteiger partial charge is 0.244 e. The molecule has 0 aliphatic carbocycles. The first-order chi connectivity index (χ1) is 14.7. The first kappa shape index (κ1) is 25.6. The first-order valence-electron chi connectivity index (χ1n) is 10.3. The number of phenolic OH excluding ortho intramolecular Hbond substituents is 1. The summed E-state index contributed by atoms with van der Waals surface area (Å²) in [4.78, 5) is 0.0726. The monoisotopic (exact) mass is 520 g/mol. The van der Waals surface area contributed by atoms with Crippen LogP contribution in [-0.4, -0.2) is 43.6 Å². The van der Waals surface area contributed by atoms with Crippen LogP contribution in [0.4, 0.5) is 0 Å². The Morgan fingerprint density at radius 2 is 1.88 bits per heavy atom. The number of nitrogens with two attached hydrogens (primary N) is 1. The Hall–Kier alpha value is -1.06. The zero-order chi connectivity index (χ0) is 22.3. The Labute approximate surface area is 205 Å². The molecule has 0 saturated carbocycles. The summed E-state index contributed by atoms with van der Waals surface area (Å²) in [6, 6.07) is 8.28. The molecule has 0 amide bonds. The van der Waals surface area contributed by atoms with E-state index in [1.165, 1.54) is 22.5 Å². The highest BCUT2D eigenvalue weighted by Crippen LogP contribution is 2.41. The summed E-state index contributed by atoms with van der Waals surface area (Å²) in [5, 5.41) is 11.1. The van der Waals surface area contributed by atoms with Crippen LogP contribution in [0.15, 0.2) is 35.2 Å². The lowest BCUT2D eigenvalue weighted by atomic mass is 9.83. The number of aryl methyl sites for hydroxylation is 1. The zero-order valence-corrected chi connectivity index (χ0v) is 20.8. The van der Waals surface area contributed by atoms with Crippen molar-refractivity contribution in [3.63, 3.8) is 0 Å². The lowest BCUT2D eigenvalue weighted by molar-refractivity contribution is -0.0612. The number of fused-ring (bicyclic) bond motifs is 1. The van der Waals surface area contributed by atoms with E-state index in [9.17, 15) is 13.5 Å². The number of hydrogen-bond acceptors (Lipinski definition) is 5. The summed E-state index contributed by atoms with van der Waals surface area (Å²) in [5.74, 6) is 0.482. The Kier molecular flexibility index (Phi) is 8.03. The van der Waals surface area contributed by atoms with Crippen LogP contribution >= 0.6 is 35.6 Å². The molecule has 0 radical (unpaired) electrons. The molecular formula is C22H27Cl3N2O4S. The van der Waals surface area contributed by atoms with E-state index < -0.39 is 10.0 Å². The molecule has 2 aliphatic heterocycles. The number of piperidine rings is 1. The number of hydrogen-bond donors (Lipinski definition) is 2. The second kappa shape index (κ2) is 10.1. The van der Waals surface area contributed by atoms with Crippen molar-refractivity contribution in [2.75, 3.05) is 19.6 Å². The molecule has 2 atom stereocenters. The number of sulfonamides is 1. The van der Waals surface area contributed by atoms with Gasteiger partial charge in [0.25, 0.3) is 0 Å². The van der Waals surface area contributed by atoms with Crippen molar-refractivity contribution in [3.8, 4) is 5.75 Å². The minimum atomic E-state index is -3.70. The molecule has 2 aliphatic rings. The lowest BCUT2D eigenvalue weighted by Crippen LogP contribution is -2.44. The van der Waals surface area contributed by atoms with Crippen molar-refractivity contribution in [1.29, 1.82) is 0 Å². The highest BCUT2D eigenvalue weighted by molar-refractivity contribution is 7.89. The first-order valence-corrected chi connectivity index (χ1v) is 12.5. The maximum absolute atomic E-state index is 13.1. The van der Waals surface area contributed by atoms with Crippen LogP contribution in [0.3, 0.4) is 0 Å². The molecule has 3 N–H and O–H groups in total. The van der Waals surface area contributed by atoms with Crippen LogP contribution in [0.5, 0.6) is 5.75 Å². The van der Waals surface area contributed by atoms with Gasteiger partial charge >= 0.3 is 0 Å². The number of phenols is 1. The molecule has 10 heteroatoms. The molecule has 2 heterocycles. The van der Waals surface area contributed by atoms with Crippen LogP contribution in [0.1, 0.15) is 35.6 Å². The second-order valence-corrected chi connectivity index (χ2v) is 11.0. The molecule has 2 aromatic carbocycles. The van der Waals surface area contributed by atoms with Crippen LogP contribution in [-0.2, 0) is 21.2 Å². The number of nitrogens with zero attached hydrogens (tertiary/aromatic N) is 1. The van der Waals surface area contributed by atoms with Crippen molar-refractivity contribution in [1.82, 2.24) is 4.31 Å². The Morgan fingerprint density at radius 1 is 1.19 bits per heavy atom. The highest BCUT2D eigenvalue weighted by atomic mass is 35.5. The maximum Gasteiger partial charge on any atom is 0.244 e. The van der Waals surface area contributed by atoms with E-state index in [-0.39, 0.29) is 40.5 Å². The van der Waals surface area contributed by atoms with Gasteiger partial charge in [0.2, 0.25) is 10.0 Å². The van der Waals surface area contributed by atoms with E-state index in [0.717, 1.165) is 16.7 Å². The molecule has 0 unspecified atom stereocenters. The van der Waals surface area contributed by atoms with E-state index in [1.54, 1.807) is 0 Å². The molecule has 176 valence electrons. The predicted molar refractivity (Wildman–Crippen MR) is 128 cm³/mol. The number of aromatic hydroxyl groups is 1. The van der Waals surface area contributed by atoms with Gasteiger partial charge in [0, 0.05) is 36.6 Å². The normalized spacial score (nSPS) is 22.2. The molecule has 0 aromatic heterocycles. The zero-order valence-electron chi connectivity index (χ0n) is 17.6. The predicted octanol–water partition coefficient (Wildman–Crippen LogP) is 4.47. The minimum Gasteiger partial charge on any atom is -0.507 e. The van der Waals surface area contributed by atoms with Crippen molar-refractivity contribution in [2.24, 2.45) is 11.7 Å². The number of benzene rings is 2. The molecular weight excluding hydrogens is 495 g/mol. The lowest BCUT2D eigenvalue weighted by Gasteiger charge is -2.40. The summed E-state index contributed by atoms with van der Waals surface area (Å²) >= 11 is 12.1. The Bertz CT molecular complexity index is 1090. The molecule has 6 nitrogen and oxygen atoms in total. The van der Waals surface area contributed by atoms with Gasteiger partial charge in [0.1, 0.15) is 10.6 Å². The highest BCUT2D eigenvalue weighted by Gasteiger charge is 2.38. The van der Waals surface area contributed by atoms with Crippen LogP contribution in [0.2, 0.25) is 10.0 Å². The summed E-state index contributed by atoms with van der Waals surface area (Å²) < 4.78 is 33.9. The van der Waals surface area contributed by atoms with Gasteiger partial charge in [0.15, 0.2) is 0 Å². The molecule has 4 rings (SSSR count). The molecule has 32 heavy (non-hydrogen) atoms. The van der Waals surface area contributed by atoms with Gasteiger partial charge in [-0.2, -0.15) is 4.31 Å². The van der Waals surface area contributed by atoms with Crippen molar-refractivity contribution in [3.05, 3.63) is 57.1 Å². The van der Waals surface area contributed by atoms with Crippen LogP contribution < -0.4 is 5.73 Å². The van der Waals surface area contributed by atoms with E-state index in [4.69, 9.17) is 33.7 Å². The summed E-state index contributed by atoms with van der Waals surface area (Å²) in [6.45, 7) is 2.97. The third kappa shape index (κ3) is 4.75. The topological polar surface area (TPSA) is 92.9 Å². The Balaban J connectivity index is 0.00000289. The second-order valence-electron chi connectivity index (χ2n) is 8.22. The number of rotatable bonds is 4. The van der Waals surface area contributed by atoms with E-state index in [2.05, 4.69) is 0 Å². The third-order valence-corrected chi connectivity index (χ3v) is 8.98. The van der Waals surface area contributed by atoms with Gasteiger partial charge < -0.3 is 15.6 Å². The fraction of sp³-hybridized carbons (Fsp3) is 0.455. The van der Waals surface area contributed by atoms with Crippen LogP contribution in [0.25, 0.3) is 0 Å². The largest absolute Gasteiger partial charge is 0.507 e. The molecule has 0 spiro atoms. The maximum atomic E-state index is 13.1. The number of halogens is 3. The van der Waals surface area contributed by atoms with E-state index in [0.29, 0.717) is 49.7 Å². The van der Waals surface area contributed by atoms with Gasteiger partial charge in [-0.05, 0) is 55.0 Å². The fourth-order valence-corrected chi connectivity index (χ4v) is 6.81. The van der Waals surface area contributed by atoms with Gasteiger partial charge in [-0.25, -0.2) is 8.42 Å². The Morgan fingerprint density at radius 3 is 2.50 bits per heavy atom. The van der Waals surface area contributed by atoms with Crippen molar-refractivity contribution >= 4 is 45.6 Å². The third-order valence-electron chi connectivity index (χ3n) is 6.36. The number of ether oxygens (including phenoxy) is 1. The van der Waals surface area contributed by atoms with Gasteiger partial charge in [-0.1, -0.05) is 35.3 Å². The minimum absolute atomic E-state index is 0. The molecule has 2 aromatic rings. The van der Waals surface area contributed by atoms with Gasteiger partial charge in [-0.3, -0.25) is 0 Å². The average molecular weight is 522 g/mol. The SMILES string of the molecule is Cc1ccc2c(c1O)C[C@@H](C1CCN(S(=O)(=O)c3ccc(Cl)cc3Cl)CC1)O[C@H]2CN.Cl. The van der Waals surface area contributed by atoms with Crippen LogP contribution in [0, 0.1) is 12.8 Å². The summed E-state index contributed by atoms with van der Waals surface area (Å²) in [7, 11) is -3.70. The van der Waals surface area contributed by atoms with Crippen molar-refractivity contribution in [2.45, 2.75) is 43.3 Å². The van der Waals surface area contributed by atoms with Gasteiger partial charge in [0.05, 0.1) is 17.2 Å². The average Bonchev–Trinajstić information content (AvgIpc) is 2.75. The van der Waals surface area contributed by atoms with E-state index >= 15 is 0 Å². The standard InChI is InChI=1S/C22H26Cl2N2O4S.ClH/c1-13-2-4-16-17(22(13)27)11-19(30-20(16)12-25)14-6-8-26(9-7-14)31(28,29)21-5-3-15(23)10-18(21)24;/h2-5,10,14,19-20,27H,6-9,11-12,25H2,1H3;1H/t19-,20-;/m0./s1. The molecule has 1 saturated heterocycles. The summed E-state index contributed by atoms with van der Waals surface area (Å²) in [6.07, 6.45) is 1.54. The molecule has 1 fully saturated rings.